The standard InChI is InChI=1S/C14H14N4OS/c1-2-16-13-10-4-3-9(7-11(10)18-14(13)19)20-12-8-15-5-6-17-12/h3-8,13,16H,2H2,1H3,(H,18,19). The lowest BCUT2D eigenvalue weighted by Gasteiger charge is -2.09. The summed E-state index contributed by atoms with van der Waals surface area (Å²) in [5, 5.41) is 6.92. The molecule has 2 heterocycles. The number of rotatable bonds is 4. The molecule has 0 saturated carbocycles. The molecule has 1 aliphatic heterocycles. The highest BCUT2D eigenvalue weighted by Gasteiger charge is 2.29. The van der Waals surface area contributed by atoms with Crippen molar-refractivity contribution < 1.29 is 4.79 Å². The van der Waals surface area contributed by atoms with Crippen LogP contribution in [-0.2, 0) is 4.79 Å². The average molecular weight is 286 g/mol. The van der Waals surface area contributed by atoms with Crippen LogP contribution in [0.3, 0.4) is 0 Å². The molecule has 1 aromatic heterocycles. The van der Waals surface area contributed by atoms with Crippen LogP contribution in [0, 0.1) is 0 Å². The van der Waals surface area contributed by atoms with Crippen molar-refractivity contribution in [1.82, 2.24) is 15.3 Å². The van der Waals surface area contributed by atoms with Crippen LogP contribution in [-0.4, -0.2) is 22.4 Å². The Morgan fingerprint density at radius 2 is 2.30 bits per heavy atom. The van der Waals surface area contributed by atoms with E-state index in [4.69, 9.17) is 0 Å². The summed E-state index contributed by atoms with van der Waals surface area (Å²) in [6.07, 6.45) is 5.03. The zero-order chi connectivity index (χ0) is 13.9. The third-order valence-electron chi connectivity index (χ3n) is 3.03. The topological polar surface area (TPSA) is 66.9 Å². The van der Waals surface area contributed by atoms with Crippen molar-refractivity contribution in [3.63, 3.8) is 0 Å². The van der Waals surface area contributed by atoms with Crippen molar-refractivity contribution >= 4 is 23.4 Å². The molecule has 0 aliphatic carbocycles. The van der Waals surface area contributed by atoms with E-state index in [1.165, 1.54) is 11.8 Å². The summed E-state index contributed by atoms with van der Waals surface area (Å²) < 4.78 is 0. The fourth-order valence-corrected chi connectivity index (χ4v) is 2.95. The van der Waals surface area contributed by atoms with Gasteiger partial charge >= 0.3 is 0 Å². The summed E-state index contributed by atoms with van der Waals surface area (Å²) in [6, 6.07) is 5.72. The number of hydrogen-bond acceptors (Lipinski definition) is 5. The van der Waals surface area contributed by atoms with E-state index < -0.39 is 0 Å². The van der Waals surface area contributed by atoms with E-state index >= 15 is 0 Å². The van der Waals surface area contributed by atoms with E-state index in [2.05, 4.69) is 20.6 Å². The molecule has 3 rings (SSSR count). The van der Waals surface area contributed by atoms with Gasteiger partial charge in [-0.3, -0.25) is 9.78 Å². The van der Waals surface area contributed by atoms with E-state index in [0.717, 1.165) is 27.7 Å². The molecule has 20 heavy (non-hydrogen) atoms. The van der Waals surface area contributed by atoms with Crippen molar-refractivity contribution in [3.8, 4) is 0 Å². The normalized spacial score (nSPS) is 16.9. The molecule has 2 aromatic rings. The first kappa shape index (κ1) is 13.1. The molecule has 1 aliphatic rings. The Morgan fingerprint density at radius 3 is 3.05 bits per heavy atom. The Morgan fingerprint density at radius 1 is 1.40 bits per heavy atom. The number of nitrogens with zero attached hydrogens (tertiary/aromatic N) is 2. The number of carbonyl (C=O) groups is 1. The second kappa shape index (κ2) is 5.60. The highest BCUT2D eigenvalue weighted by Crippen LogP contribution is 2.35. The summed E-state index contributed by atoms with van der Waals surface area (Å²) in [7, 11) is 0. The van der Waals surface area contributed by atoms with E-state index in [1.54, 1.807) is 18.6 Å². The van der Waals surface area contributed by atoms with Crippen molar-refractivity contribution in [2.45, 2.75) is 22.9 Å². The lowest BCUT2D eigenvalue weighted by molar-refractivity contribution is -0.117. The summed E-state index contributed by atoms with van der Waals surface area (Å²) >= 11 is 1.52. The maximum atomic E-state index is 11.9. The van der Waals surface area contributed by atoms with Crippen LogP contribution in [0.1, 0.15) is 18.5 Å². The molecule has 0 fully saturated rings. The first-order chi connectivity index (χ1) is 9.78. The Bertz CT molecular complexity index is 632. The molecule has 6 heteroatoms. The van der Waals surface area contributed by atoms with Gasteiger partial charge in [-0.2, -0.15) is 0 Å². The first-order valence-corrected chi connectivity index (χ1v) is 7.21. The number of anilines is 1. The fourth-order valence-electron chi connectivity index (χ4n) is 2.17. The third-order valence-corrected chi connectivity index (χ3v) is 3.94. The predicted molar refractivity (Wildman–Crippen MR) is 77.6 cm³/mol. The van der Waals surface area contributed by atoms with Gasteiger partial charge in [0, 0.05) is 28.5 Å². The van der Waals surface area contributed by atoms with Crippen LogP contribution in [0.25, 0.3) is 0 Å². The molecule has 102 valence electrons. The minimum Gasteiger partial charge on any atom is -0.324 e. The first-order valence-electron chi connectivity index (χ1n) is 6.40. The second-order valence-electron chi connectivity index (χ2n) is 4.37. The number of likely N-dealkylation sites (N-methyl/N-ethyl adjacent to an activating group) is 1. The molecule has 2 N–H and O–H groups in total. The minimum absolute atomic E-state index is 0.00324. The third kappa shape index (κ3) is 2.52. The number of fused-ring (bicyclic) bond motifs is 1. The van der Waals surface area contributed by atoms with E-state index in [9.17, 15) is 4.79 Å². The molecule has 1 aromatic carbocycles. The molecule has 1 unspecified atom stereocenters. The van der Waals surface area contributed by atoms with Crippen LogP contribution in [0.4, 0.5) is 5.69 Å². The predicted octanol–water partition coefficient (Wildman–Crippen LogP) is 2.23. The SMILES string of the molecule is CCNC1C(=O)Nc2cc(Sc3cnccn3)ccc21. The number of nitrogens with one attached hydrogen (secondary N) is 2. The molecule has 0 saturated heterocycles. The van der Waals surface area contributed by atoms with Gasteiger partial charge in [-0.1, -0.05) is 24.8 Å². The van der Waals surface area contributed by atoms with Crippen molar-refractivity contribution in [2.75, 3.05) is 11.9 Å². The van der Waals surface area contributed by atoms with Gasteiger partial charge in [0.25, 0.3) is 0 Å². The summed E-state index contributed by atoms with van der Waals surface area (Å²) in [5.74, 6) is 0.00324. The summed E-state index contributed by atoms with van der Waals surface area (Å²) in [4.78, 5) is 21.2. The molecule has 0 radical (unpaired) electrons. The zero-order valence-electron chi connectivity index (χ0n) is 11.0. The van der Waals surface area contributed by atoms with Crippen LogP contribution in [0.2, 0.25) is 0 Å². The number of carbonyl (C=O) groups excluding carboxylic acids is 1. The van der Waals surface area contributed by atoms with Gasteiger partial charge in [0.1, 0.15) is 11.1 Å². The number of aromatic nitrogens is 2. The average Bonchev–Trinajstić information content (AvgIpc) is 2.76. The number of amides is 1. The van der Waals surface area contributed by atoms with E-state index in [0.29, 0.717) is 0 Å². The maximum Gasteiger partial charge on any atom is 0.246 e. The summed E-state index contributed by atoms with van der Waals surface area (Å²) in [5.41, 5.74) is 1.87. The van der Waals surface area contributed by atoms with Gasteiger partial charge in [-0.05, 0) is 18.7 Å². The highest BCUT2D eigenvalue weighted by molar-refractivity contribution is 7.99. The zero-order valence-corrected chi connectivity index (χ0v) is 11.8. The number of benzene rings is 1. The molecule has 0 spiro atoms. The Balaban J connectivity index is 1.84. The van der Waals surface area contributed by atoms with Crippen molar-refractivity contribution in [2.24, 2.45) is 0 Å². The van der Waals surface area contributed by atoms with Gasteiger partial charge < -0.3 is 10.6 Å². The van der Waals surface area contributed by atoms with Crippen LogP contribution in [0.15, 0.2) is 46.7 Å². The highest BCUT2D eigenvalue weighted by atomic mass is 32.2. The summed E-state index contributed by atoms with van der Waals surface area (Å²) in [6.45, 7) is 2.75. The Hall–Kier alpha value is -1.92. The molecular formula is C14H14N4OS. The van der Waals surface area contributed by atoms with Crippen LogP contribution >= 0.6 is 11.8 Å². The Kier molecular flexibility index (Phi) is 3.66. The van der Waals surface area contributed by atoms with Crippen molar-refractivity contribution in [1.29, 1.82) is 0 Å². The molecule has 1 amide bonds. The van der Waals surface area contributed by atoms with Gasteiger partial charge in [-0.15, -0.1) is 0 Å². The maximum absolute atomic E-state index is 11.9. The van der Waals surface area contributed by atoms with Crippen LogP contribution < -0.4 is 10.6 Å². The Labute approximate surface area is 121 Å². The molecule has 1 atom stereocenters. The van der Waals surface area contributed by atoms with Gasteiger partial charge in [0.15, 0.2) is 0 Å². The molecule has 5 nitrogen and oxygen atoms in total. The molecular weight excluding hydrogens is 272 g/mol. The smallest absolute Gasteiger partial charge is 0.246 e. The monoisotopic (exact) mass is 286 g/mol. The van der Waals surface area contributed by atoms with Gasteiger partial charge in [0.2, 0.25) is 5.91 Å². The number of hydrogen-bond donors (Lipinski definition) is 2. The lowest BCUT2D eigenvalue weighted by atomic mass is 10.1. The fraction of sp³-hybridized carbons (Fsp3) is 0.214. The van der Waals surface area contributed by atoms with Gasteiger partial charge in [-0.25, -0.2) is 4.98 Å². The van der Waals surface area contributed by atoms with Gasteiger partial charge in [0.05, 0.1) is 6.20 Å². The van der Waals surface area contributed by atoms with Crippen molar-refractivity contribution in [3.05, 3.63) is 42.4 Å². The minimum atomic E-state index is -0.245. The largest absolute Gasteiger partial charge is 0.324 e. The second-order valence-corrected chi connectivity index (χ2v) is 5.47. The lowest BCUT2D eigenvalue weighted by Crippen LogP contribution is -2.27. The quantitative estimate of drug-likeness (QED) is 0.902. The molecule has 0 bridgehead atoms. The van der Waals surface area contributed by atoms with E-state index in [-0.39, 0.29) is 11.9 Å². The van der Waals surface area contributed by atoms with E-state index in [1.807, 2.05) is 25.1 Å². The van der Waals surface area contributed by atoms with Crippen LogP contribution in [0.5, 0.6) is 0 Å².